The number of cyclic esters (lactones) is 1. The highest BCUT2D eigenvalue weighted by molar-refractivity contribution is 9.10. The number of carbonyl (C=O) groups is 1. The molecule has 1 saturated heterocycles. The Morgan fingerprint density at radius 2 is 2.21 bits per heavy atom. The first-order chi connectivity index (χ1) is 6.40. The predicted octanol–water partition coefficient (Wildman–Crippen LogP) is 2.35. The lowest BCUT2D eigenvalue weighted by Crippen LogP contribution is -2.17. The first kappa shape index (κ1) is 11.8. The molecule has 0 radical (unpaired) electrons. The number of hydrogen-bond acceptors (Lipinski definition) is 4. The highest BCUT2D eigenvalue weighted by Gasteiger charge is 2.46. The summed E-state index contributed by atoms with van der Waals surface area (Å²) in [6, 6.07) is 0. The Morgan fingerprint density at radius 1 is 1.64 bits per heavy atom. The molecular weight excluding hydrogens is 297 g/mol. The van der Waals surface area contributed by atoms with Gasteiger partial charge >= 0.3 is 5.97 Å². The summed E-state index contributed by atoms with van der Waals surface area (Å²) in [4.78, 5) is 15.8. The van der Waals surface area contributed by atoms with Gasteiger partial charge in [-0.25, -0.2) is 4.79 Å². The fraction of sp³-hybridized carbons (Fsp3) is 0.429. The maximum atomic E-state index is 11.3. The van der Waals surface area contributed by atoms with Crippen LogP contribution in [0, 0.1) is 0 Å². The summed E-state index contributed by atoms with van der Waals surface area (Å²) >= 11 is 14.4. The summed E-state index contributed by atoms with van der Waals surface area (Å²) in [5.74, 6) is -0.639. The molecule has 7 heteroatoms. The molecule has 1 unspecified atom stereocenters. The van der Waals surface area contributed by atoms with Gasteiger partial charge in [0.1, 0.15) is 11.6 Å². The predicted molar refractivity (Wildman–Crippen MR) is 56.6 cm³/mol. The molecule has 0 aromatic rings. The Labute approximate surface area is 98.9 Å². The van der Waals surface area contributed by atoms with Gasteiger partial charge in [0.15, 0.2) is 10.2 Å². The molecule has 0 aromatic heterocycles. The normalized spacial score (nSPS) is 29.4. The molecule has 0 bridgehead atoms. The van der Waals surface area contributed by atoms with E-state index in [2.05, 4.69) is 25.9 Å². The smallest absolute Gasteiger partial charge is 0.362 e. The van der Waals surface area contributed by atoms with Crippen molar-refractivity contribution in [1.82, 2.24) is 0 Å². The molecular formula is C7H6BrCl2NO3. The van der Waals surface area contributed by atoms with Crippen LogP contribution in [0.15, 0.2) is 15.2 Å². The van der Waals surface area contributed by atoms with Crippen molar-refractivity contribution in [3.8, 4) is 0 Å². The van der Waals surface area contributed by atoms with Gasteiger partial charge in [-0.3, -0.25) is 0 Å². The van der Waals surface area contributed by atoms with Gasteiger partial charge in [-0.2, -0.15) is 0 Å². The third-order valence-corrected chi connectivity index (χ3v) is 2.47. The van der Waals surface area contributed by atoms with Crippen LogP contribution in [0.1, 0.15) is 6.92 Å². The van der Waals surface area contributed by atoms with Crippen LogP contribution >= 0.6 is 39.1 Å². The maximum absolute atomic E-state index is 11.3. The largest absolute Gasteiger partial charge is 0.438 e. The Kier molecular flexibility index (Phi) is 3.44. The lowest BCUT2D eigenvalue weighted by molar-refractivity contribution is -0.136. The molecule has 1 fully saturated rings. The fourth-order valence-corrected chi connectivity index (χ4v) is 2.32. The van der Waals surface area contributed by atoms with Gasteiger partial charge < -0.3 is 9.57 Å². The van der Waals surface area contributed by atoms with Crippen LogP contribution in [0.4, 0.5) is 0 Å². The number of nitrogens with zero attached hydrogens (tertiary/aromatic N) is 1. The lowest BCUT2D eigenvalue weighted by atomic mass is 10.1. The second-order valence-corrected chi connectivity index (χ2v) is 5.03. The van der Waals surface area contributed by atoms with E-state index in [4.69, 9.17) is 27.9 Å². The summed E-state index contributed by atoms with van der Waals surface area (Å²) in [6.07, 6.45) is 0. The number of esters is 1. The molecule has 14 heavy (non-hydrogen) atoms. The molecule has 0 saturated carbocycles. The molecule has 1 atom stereocenters. The maximum Gasteiger partial charge on any atom is 0.362 e. The van der Waals surface area contributed by atoms with Crippen LogP contribution in [0.2, 0.25) is 0 Å². The Hall–Kier alpha value is -0.260. The molecule has 0 aliphatic carbocycles. The van der Waals surface area contributed by atoms with Gasteiger partial charge in [0.25, 0.3) is 0 Å². The molecule has 1 rings (SSSR count). The van der Waals surface area contributed by atoms with Gasteiger partial charge in [0.05, 0.1) is 5.57 Å². The van der Waals surface area contributed by atoms with Crippen molar-refractivity contribution in [1.29, 1.82) is 0 Å². The van der Waals surface area contributed by atoms with Crippen LogP contribution in [-0.2, 0) is 14.4 Å². The van der Waals surface area contributed by atoms with E-state index in [0.717, 1.165) is 0 Å². The number of carbonyl (C=O) groups excluding carboxylic acids is 1. The van der Waals surface area contributed by atoms with Crippen molar-refractivity contribution in [3.05, 3.63) is 10.1 Å². The lowest BCUT2D eigenvalue weighted by Gasteiger charge is -2.14. The van der Waals surface area contributed by atoms with Crippen molar-refractivity contribution in [3.63, 3.8) is 0 Å². The van der Waals surface area contributed by atoms with Crippen LogP contribution in [0.25, 0.3) is 0 Å². The fourth-order valence-electron chi connectivity index (χ4n) is 1.02. The van der Waals surface area contributed by atoms with E-state index in [1.807, 2.05) is 0 Å². The second-order valence-electron chi connectivity index (χ2n) is 2.56. The standard InChI is InChI=1S/C7H6BrCl2NO3/c1-7(8)3(5(9)10)4(11-13-2)6(12)14-7/h1-2H3/b11-4-. The Morgan fingerprint density at radius 3 is 2.64 bits per heavy atom. The molecule has 1 heterocycles. The second kappa shape index (κ2) is 4.08. The number of oxime groups is 1. The molecule has 0 aromatic carbocycles. The van der Waals surface area contributed by atoms with Crippen LogP contribution in [0.3, 0.4) is 0 Å². The number of alkyl halides is 1. The average Bonchev–Trinajstić information content (AvgIpc) is 2.21. The van der Waals surface area contributed by atoms with Crippen molar-refractivity contribution >= 4 is 50.8 Å². The minimum absolute atomic E-state index is 0.0353. The first-order valence-electron chi connectivity index (χ1n) is 3.49. The van der Waals surface area contributed by atoms with Gasteiger partial charge in [0.2, 0.25) is 0 Å². The van der Waals surface area contributed by atoms with Crippen molar-refractivity contribution in [2.75, 3.05) is 7.11 Å². The summed E-state index contributed by atoms with van der Waals surface area (Å²) in [6.45, 7) is 1.59. The van der Waals surface area contributed by atoms with Crippen molar-refractivity contribution in [2.24, 2.45) is 5.16 Å². The topological polar surface area (TPSA) is 47.9 Å². The summed E-state index contributed by atoms with van der Waals surface area (Å²) in [5.41, 5.74) is 0.222. The van der Waals surface area contributed by atoms with Gasteiger partial charge in [-0.1, -0.05) is 28.4 Å². The van der Waals surface area contributed by atoms with Gasteiger partial charge in [-0.05, 0) is 22.9 Å². The summed E-state index contributed by atoms with van der Waals surface area (Å²) in [5, 5.41) is 3.49. The van der Waals surface area contributed by atoms with E-state index in [9.17, 15) is 4.79 Å². The van der Waals surface area contributed by atoms with Crippen LogP contribution in [-0.4, -0.2) is 23.3 Å². The summed E-state index contributed by atoms with van der Waals surface area (Å²) < 4.78 is 3.78. The zero-order valence-electron chi connectivity index (χ0n) is 7.31. The molecule has 1 aliphatic rings. The number of hydrogen-bond donors (Lipinski definition) is 0. The Bertz CT molecular complexity index is 334. The third kappa shape index (κ3) is 2.04. The first-order valence-corrected chi connectivity index (χ1v) is 5.04. The van der Waals surface area contributed by atoms with Crippen LogP contribution in [0.5, 0.6) is 0 Å². The Balaban J connectivity index is 3.27. The van der Waals surface area contributed by atoms with E-state index in [1.165, 1.54) is 7.11 Å². The molecule has 78 valence electrons. The van der Waals surface area contributed by atoms with Gasteiger partial charge in [-0.15, -0.1) is 0 Å². The SMILES string of the molecule is CO/N=C1\C(=O)OC(C)(Br)C1=C(Cl)Cl. The highest BCUT2D eigenvalue weighted by atomic mass is 79.9. The van der Waals surface area contributed by atoms with E-state index >= 15 is 0 Å². The number of halogens is 3. The number of ether oxygens (including phenoxy) is 1. The van der Waals surface area contributed by atoms with Crippen molar-refractivity contribution < 1.29 is 14.4 Å². The molecule has 0 spiro atoms. The molecule has 0 N–H and O–H groups in total. The average molecular weight is 303 g/mol. The van der Waals surface area contributed by atoms with Crippen LogP contribution < -0.4 is 0 Å². The zero-order valence-corrected chi connectivity index (χ0v) is 10.4. The monoisotopic (exact) mass is 301 g/mol. The minimum Gasteiger partial charge on any atom is -0.438 e. The van der Waals surface area contributed by atoms with E-state index < -0.39 is 10.5 Å². The number of rotatable bonds is 1. The minimum atomic E-state index is -1.06. The van der Waals surface area contributed by atoms with E-state index in [-0.39, 0.29) is 15.8 Å². The van der Waals surface area contributed by atoms with Crippen molar-refractivity contribution in [2.45, 2.75) is 11.4 Å². The third-order valence-electron chi connectivity index (χ3n) is 1.53. The molecule has 4 nitrogen and oxygen atoms in total. The van der Waals surface area contributed by atoms with E-state index in [1.54, 1.807) is 6.92 Å². The molecule has 0 amide bonds. The van der Waals surface area contributed by atoms with E-state index in [0.29, 0.717) is 0 Å². The zero-order chi connectivity index (χ0) is 10.9. The molecule has 1 aliphatic heterocycles. The quantitative estimate of drug-likeness (QED) is 0.424. The van der Waals surface area contributed by atoms with Gasteiger partial charge in [0, 0.05) is 0 Å². The highest BCUT2D eigenvalue weighted by Crippen LogP contribution is 2.40. The summed E-state index contributed by atoms with van der Waals surface area (Å²) in [7, 11) is 1.31.